The van der Waals surface area contributed by atoms with Gasteiger partial charge in [0.15, 0.2) is 18.3 Å². The molecule has 43 heavy (non-hydrogen) atoms. The van der Waals surface area contributed by atoms with Gasteiger partial charge in [-0.1, -0.05) is 12.1 Å². The predicted molar refractivity (Wildman–Crippen MR) is 137 cm³/mol. The molecule has 0 aliphatic carbocycles. The Labute approximate surface area is 240 Å². The summed E-state index contributed by atoms with van der Waals surface area (Å²) in [5.74, 6) is -6.40. The van der Waals surface area contributed by atoms with E-state index in [1.807, 2.05) is 4.90 Å². The predicted octanol–water partition coefficient (Wildman–Crippen LogP) is 3.21. The van der Waals surface area contributed by atoms with Crippen LogP contribution in [-0.2, 0) is 14.3 Å². The normalized spacial score (nSPS) is 13.0. The van der Waals surface area contributed by atoms with Gasteiger partial charge in [-0.25, -0.2) is 4.79 Å². The summed E-state index contributed by atoms with van der Waals surface area (Å²) in [6.45, 7) is 1.29. The number of nitrogens with zero attached hydrogens (tertiary/aromatic N) is 1. The molecule has 2 aromatic rings. The monoisotopic (exact) mass is 620 g/mol. The number of nitrogen functional groups attached to an aromatic ring is 1. The lowest BCUT2D eigenvalue weighted by Crippen LogP contribution is -2.39. The number of esters is 1. The number of hydrogen-bond acceptors (Lipinski definition) is 9. The van der Waals surface area contributed by atoms with E-state index < -0.39 is 36.7 Å². The number of ether oxygens (including phenoxy) is 3. The van der Waals surface area contributed by atoms with Crippen LogP contribution in [0.1, 0.15) is 34.3 Å². The molecule has 0 bridgehead atoms. The smallest absolute Gasteiger partial charge is 0.458 e. The maximum absolute atomic E-state index is 12.3. The largest absolute Gasteiger partial charge is 0.486 e. The molecular weight excluding hydrogens is 594 g/mol. The van der Waals surface area contributed by atoms with Crippen molar-refractivity contribution < 1.29 is 60.0 Å². The molecule has 0 spiro atoms. The molecule has 0 atom stereocenters. The van der Waals surface area contributed by atoms with Gasteiger partial charge in [0.2, 0.25) is 0 Å². The Balaban J connectivity index is 0.000000455. The van der Waals surface area contributed by atoms with Crippen LogP contribution in [0.5, 0.6) is 11.5 Å². The number of nitrogens with two attached hydrogens (primary N) is 1. The molecule has 5 N–H and O–H groups in total. The van der Waals surface area contributed by atoms with Gasteiger partial charge in [0.1, 0.15) is 24.9 Å². The second kappa shape index (κ2) is 15.0. The third-order valence-corrected chi connectivity index (χ3v) is 5.59. The Bertz CT molecular complexity index is 1300. The lowest BCUT2D eigenvalue weighted by atomic mass is 10.1. The number of halogens is 6. The Kier molecular flexibility index (Phi) is 12.0. The third-order valence-electron chi connectivity index (χ3n) is 5.59. The lowest BCUT2D eigenvalue weighted by molar-refractivity contribution is -0.193. The van der Waals surface area contributed by atoms with E-state index in [4.69, 9.17) is 35.9 Å². The van der Waals surface area contributed by atoms with Gasteiger partial charge in [0, 0.05) is 24.2 Å². The van der Waals surface area contributed by atoms with Crippen LogP contribution in [0.4, 0.5) is 26.3 Å². The number of aliphatic hydroxyl groups is 1. The molecule has 0 saturated carbocycles. The van der Waals surface area contributed by atoms with Crippen molar-refractivity contribution in [2.24, 2.45) is 5.73 Å². The molecule has 17 heteroatoms. The van der Waals surface area contributed by atoms with Gasteiger partial charge in [-0.3, -0.25) is 20.4 Å². The number of carbonyl (C=O) groups excluding carboxylic acids is 3. The van der Waals surface area contributed by atoms with E-state index in [-0.39, 0.29) is 30.5 Å². The Hall–Kier alpha value is -4.67. The molecule has 1 heterocycles. The topological polar surface area (TPSA) is 176 Å². The summed E-state index contributed by atoms with van der Waals surface area (Å²) in [6, 6.07) is 11.4. The van der Waals surface area contributed by atoms with Crippen LogP contribution < -0.4 is 15.2 Å². The fourth-order valence-corrected chi connectivity index (χ4v) is 3.49. The summed E-state index contributed by atoms with van der Waals surface area (Å²) in [7, 11) is 0. The van der Waals surface area contributed by atoms with Crippen LogP contribution in [0.2, 0.25) is 0 Å². The van der Waals surface area contributed by atoms with Gasteiger partial charge in [0.05, 0.1) is 5.56 Å². The van der Waals surface area contributed by atoms with Crippen molar-refractivity contribution in [2.75, 3.05) is 33.1 Å². The Morgan fingerprint density at radius 3 is 1.79 bits per heavy atom. The first-order chi connectivity index (χ1) is 20.1. The molecule has 3 rings (SSSR count). The molecule has 2 aromatic carbocycles. The van der Waals surface area contributed by atoms with E-state index in [2.05, 4.69) is 0 Å². The van der Waals surface area contributed by atoms with Crippen LogP contribution in [-0.4, -0.2) is 84.7 Å². The molecule has 11 nitrogen and oxygen atoms in total. The molecular formula is C26H26F6N4O7. The van der Waals surface area contributed by atoms with E-state index in [1.165, 1.54) is 12.1 Å². The highest BCUT2D eigenvalue weighted by Crippen LogP contribution is 2.28. The van der Waals surface area contributed by atoms with E-state index in [1.54, 1.807) is 30.3 Å². The SMILES string of the molecule is N=C(N)c1ccc(OCO)c(OCCOC(=O)c2ccc(C(=N)N3CCCC3)cc2)c1.O=C(C(=O)C(F)(F)F)C(F)(F)F. The van der Waals surface area contributed by atoms with E-state index in [9.17, 15) is 40.7 Å². The van der Waals surface area contributed by atoms with Crippen molar-refractivity contribution >= 4 is 29.2 Å². The number of likely N-dealkylation sites (tertiary alicyclic amines) is 1. The minimum atomic E-state index is -5.77. The minimum Gasteiger partial charge on any atom is -0.486 e. The number of carbonyl (C=O) groups is 3. The first kappa shape index (κ1) is 34.5. The van der Waals surface area contributed by atoms with E-state index in [0.717, 1.165) is 31.5 Å². The van der Waals surface area contributed by atoms with Gasteiger partial charge in [-0.2, -0.15) is 26.3 Å². The molecule has 0 radical (unpaired) electrons. The number of aliphatic hydroxyl groups excluding tert-OH is 1. The zero-order valence-electron chi connectivity index (χ0n) is 22.2. The van der Waals surface area contributed by atoms with Crippen molar-refractivity contribution in [2.45, 2.75) is 25.2 Å². The maximum atomic E-state index is 12.3. The summed E-state index contributed by atoms with van der Waals surface area (Å²) < 4.78 is 82.9. The average Bonchev–Trinajstić information content (AvgIpc) is 3.49. The number of rotatable bonds is 10. The van der Waals surface area contributed by atoms with E-state index in [0.29, 0.717) is 17.0 Å². The first-order valence-electron chi connectivity index (χ1n) is 12.2. The molecule has 234 valence electrons. The van der Waals surface area contributed by atoms with Crippen LogP contribution in [0, 0.1) is 10.8 Å². The van der Waals surface area contributed by atoms with Crippen molar-refractivity contribution in [3.8, 4) is 11.5 Å². The zero-order valence-corrected chi connectivity index (χ0v) is 22.2. The van der Waals surface area contributed by atoms with Crippen molar-refractivity contribution in [1.82, 2.24) is 4.90 Å². The fraction of sp³-hybridized carbons (Fsp3) is 0.346. The van der Waals surface area contributed by atoms with E-state index >= 15 is 0 Å². The van der Waals surface area contributed by atoms with Gasteiger partial charge in [0.25, 0.3) is 0 Å². The fourth-order valence-electron chi connectivity index (χ4n) is 3.49. The number of amidine groups is 2. The number of nitrogens with one attached hydrogen (secondary N) is 2. The standard InChI is InChI=1S/C22H26N4O5.C4F6O2/c23-20(24)17-7-8-18(31-14-27)19(13-17)29-11-12-30-22(28)16-5-3-15(4-6-16)21(25)26-9-1-2-10-26;5-3(6,7)1(11)2(12)4(8,9)10/h3-8,13,25,27H,1-2,9-12,14H2,(H3,23,24);. The molecule has 0 amide bonds. The van der Waals surface area contributed by atoms with Gasteiger partial charge in [-0.15, -0.1) is 0 Å². The minimum absolute atomic E-state index is 0.00690. The van der Waals surface area contributed by atoms with Gasteiger partial charge >= 0.3 is 29.9 Å². The van der Waals surface area contributed by atoms with Crippen molar-refractivity contribution in [3.63, 3.8) is 0 Å². The zero-order chi connectivity index (χ0) is 32.4. The number of alkyl halides is 6. The van der Waals surface area contributed by atoms with Crippen molar-refractivity contribution in [3.05, 3.63) is 59.2 Å². The van der Waals surface area contributed by atoms with Crippen LogP contribution in [0.25, 0.3) is 0 Å². The average molecular weight is 621 g/mol. The summed E-state index contributed by atoms with van der Waals surface area (Å²) >= 11 is 0. The van der Waals surface area contributed by atoms with Crippen LogP contribution >= 0.6 is 0 Å². The molecule has 1 fully saturated rings. The molecule has 0 aromatic heterocycles. The van der Waals surface area contributed by atoms with Gasteiger partial charge in [-0.05, 0) is 43.2 Å². The first-order valence-corrected chi connectivity index (χ1v) is 12.2. The quantitative estimate of drug-likeness (QED) is 0.0591. The van der Waals surface area contributed by atoms with Crippen LogP contribution in [0.15, 0.2) is 42.5 Å². The summed E-state index contributed by atoms with van der Waals surface area (Å²) in [5.41, 5.74) is 7.08. The lowest BCUT2D eigenvalue weighted by Gasteiger charge is -2.18. The summed E-state index contributed by atoms with van der Waals surface area (Å²) in [6.07, 6.45) is -9.34. The maximum Gasteiger partial charge on any atom is 0.458 e. The third kappa shape index (κ3) is 10.3. The Morgan fingerprint density at radius 2 is 1.30 bits per heavy atom. The second-order valence-electron chi connectivity index (χ2n) is 8.61. The highest BCUT2D eigenvalue weighted by Gasteiger charge is 2.54. The molecule has 1 saturated heterocycles. The molecule has 0 unspecified atom stereocenters. The molecule has 1 aliphatic rings. The number of Topliss-reactive ketones (excluding diaryl/α,β-unsaturated/α-hetero) is 2. The van der Waals surface area contributed by atoms with Crippen molar-refractivity contribution in [1.29, 1.82) is 10.8 Å². The highest BCUT2D eigenvalue weighted by atomic mass is 19.4. The Morgan fingerprint density at radius 1 is 0.791 bits per heavy atom. The summed E-state index contributed by atoms with van der Waals surface area (Å²) in [5, 5.41) is 24.7. The van der Waals surface area contributed by atoms with Crippen LogP contribution in [0.3, 0.4) is 0 Å². The number of ketones is 2. The van der Waals surface area contributed by atoms with Gasteiger partial charge < -0.3 is 30.0 Å². The highest BCUT2D eigenvalue weighted by molar-refractivity contribution is 6.41. The summed E-state index contributed by atoms with van der Waals surface area (Å²) in [4.78, 5) is 33.5. The molecule has 1 aliphatic heterocycles. The second-order valence-corrected chi connectivity index (χ2v) is 8.61. The number of benzene rings is 2. The number of hydrogen-bond donors (Lipinski definition) is 4.